The molecule has 7 nitrogen and oxygen atoms in total. The summed E-state index contributed by atoms with van der Waals surface area (Å²) in [5, 5.41) is 8.88. The average Bonchev–Trinajstić information content (AvgIpc) is 2.38. The molecule has 0 aromatic heterocycles. The first-order valence-electron chi connectivity index (χ1n) is 6.39. The normalized spacial score (nSPS) is 13.3. The van der Waals surface area contributed by atoms with Gasteiger partial charge in [0.15, 0.2) is 0 Å². The van der Waals surface area contributed by atoms with E-state index < -0.39 is 16.0 Å². The second kappa shape index (κ2) is 6.88. The molecular weight excluding hydrogens is 296 g/mol. The van der Waals surface area contributed by atoms with Gasteiger partial charge in [0.25, 0.3) is 0 Å². The van der Waals surface area contributed by atoms with E-state index in [0.29, 0.717) is 0 Å². The van der Waals surface area contributed by atoms with Crippen LogP contribution in [-0.2, 0) is 14.8 Å². The monoisotopic (exact) mass is 316 g/mol. The van der Waals surface area contributed by atoms with Crippen LogP contribution in [0.4, 0.5) is 5.69 Å². The van der Waals surface area contributed by atoms with Crippen LogP contribution in [0.15, 0.2) is 23.1 Å². The minimum absolute atomic E-state index is 0.0561. The molecule has 1 unspecified atom stereocenters. The second-order valence-electron chi connectivity index (χ2n) is 4.57. The van der Waals surface area contributed by atoms with Crippen LogP contribution < -0.4 is 5.73 Å². The maximum Gasteiger partial charge on any atom is 0.335 e. The van der Waals surface area contributed by atoms with E-state index in [-0.39, 0.29) is 35.3 Å². The van der Waals surface area contributed by atoms with E-state index in [2.05, 4.69) is 0 Å². The summed E-state index contributed by atoms with van der Waals surface area (Å²) in [6.07, 6.45) is 0. The van der Waals surface area contributed by atoms with Crippen LogP contribution in [0.1, 0.15) is 24.2 Å². The summed E-state index contributed by atoms with van der Waals surface area (Å²) in [5.41, 5.74) is 5.57. The van der Waals surface area contributed by atoms with Crippen molar-refractivity contribution in [2.24, 2.45) is 0 Å². The predicted molar refractivity (Wildman–Crippen MR) is 78.7 cm³/mol. The Morgan fingerprint density at radius 2 is 2.10 bits per heavy atom. The van der Waals surface area contributed by atoms with Crippen molar-refractivity contribution in [2.75, 3.05) is 26.0 Å². The first kappa shape index (κ1) is 17.4. The zero-order chi connectivity index (χ0) is 16.2. The van der Waals surface area contributed by atoms with Gasteiger partial charge in [0.1, 0.15) is 4.90 Å². The maximum atomic E-state index is 12.6. The summed E-state index contributed by atoms with van der Waals surface area (Å²) >= 11 is 0. The summed E-state index contributed by atoms with van der Waals surface area (Å²) in [6, 6.07) is 3.23. The molecule has 1 atom stereocenters. The van der Waals surface area contributed by atoms with Crippen molar-refractivity contribution in [3.63, 3.8) is 0 Å². The van der Waals surface area contributed by atoms with E-state index in [9.17, 15) is 13.2 Å². The number of nitrogens with two attached hydrogens (primary N) is 1. The van der Waals surface area contributed by atoms with Crippen LogP contribution in [-0.4, -0.2) is 50.1 Å². The van der Waals surface area contributed by atoms with Gasteiger partial charge < -0.3 is 15.6 Å². The highest BCUT2D eigenvalue weighted by molar-refractivity contribution is 7.89. The number of benzene rings is 1. The quantitative estimate of drug-likeness (QED) is 0.727. The molecule has 1 aromatic carbocycles. The van der Waals surface area contributed by atoms with Crippen molar-refractivity contribution in [3.05, 3.63) is 23.8 Å². The molecule has 0 saturated heterocycles. The van der Waals surface area contributed by atoms with Gasteiger partial charge in [0.05, 0.1) is 17.9 Å². The molecule has 0 aliphatic heterocycles. The van der Waals surface area contributed by atoms with E-state index in [1.165, 1.54) is 23.5 Å². The Hall–Kier alpha value is -1.64. The first-order chi connectivity index (χ1) is 9.75. The van der Waals surface area contributed by atoms with Crippen LogP contribution in [0.5, 0.6) is 0 Å². The molecule has 0 aliphatic rings. The number of anilines is 1. The Labute approximate surface area is 124 Å². The minimum Gasteiger partial charge on any atom is -0.478 e. The minimum atomic E-state index is -3.81. The van der Waals surface area contributed by atoms with Gasteiger partial charge in [-0.3, -0.25) is 0 Å². The topological polar surface area (TPSA) is 110 Å². The van der Waals surface area contributed by atoms with Crippen molar-refractivity contribution < 1.29 is 23.1 Å². The number of hydrogen-bond donors (Lipinski definition) is 2. The molecule has 0 heterocycles. The molecule has 0 fully saturated rings. The molecule has 118 valence electrons. The number of likely N-dealkylation sites (N-methyl/N-ethyl adjacent to an activating group) is 1. The van der Waals surface area contributed by atoms with Crippen molar-refractivity contribution in [3.8, 4) is 0 Å². The number of carboxylic acid groups (broad SMARTS) is 1. The standard InChI is InChI=1S/C13H20N2O5S/c1-4-15(9(2)8-20-3)21(18,19)12-6-5-10(13(16)17)7-11(12)14/h5-7,9H,4,8,14H2,1-3H3,(H,16,17). The van der Waals surface area contributed by atoms with E-state index in [0.717, 1.165) is 6.07 Å². The van der Waals surface area contributed by atoms with Crippen molar-refractivity contribution in [1.82, 2.24) is 4.31 Å². The van der Waals surface area contributed by atoms with Gasteiger partial charge in [-0.1, -0.05) is 6.92 Å². The smallest absolute Gasteiger partial charge is 0.335 e. The number of rotatable bonds is 7. The Kier molecular flexibility index (Phi) is 5.70. The summed E-state index contributed by atoms with van der Waals surface area (Å²) in [5.74, 6) is -1.16. The lowest BCUT2D eigenvalue weighted by Crippen LogP contribution is -2.41. The predicted octanol–water partition coefficient (Wildman–Crippen LogP) is 1.01. The third-order valence-corrected chi connectivity index (χ3v) is 5.22. The number of carbonyl (C=O) groups is 1. The molecule has 8 heteroatoms. The molecule has 0 amide bonds. The SMILES string of the molecule is CCN(C(C)COC)S(=O)(=O)c1ccc(C(=O)O)cc1N. The highest BCUT2D eigenvalue weighted by Crippen LogP contribution is 2.25. The summed E-state index contributed by atoms with van der Waals surface area (Å²) in [4.78, 5) is 10.8. The highest BCUT2D eigenvalue weighted by Gasteiger charge is 2.29. The van der Waals surface area contributed by atoms with Gasteiger partial charge >= 0.3 is 5.97 Å². The Morgan fingerprint density at radius 3 is 2.52 bits per heavy atom. The van der Waals surface area contributed by atoms with Gasteiger partial charge in [0.2, 0.25) is 10.0 Å². The lowest BCUT2D eigenvalue weighted by molar-refractivity contribution is 0.0697. The molecular formula is C13H20N2O5S. The summed E-state index contributed by atoms with van der Waals surface area (Å²) in [6.45, 7) is 3.95. The number of aromatic carboxylic acids is 1. The van der Waals surface area contributed by atoms with Gasteiger partial charge in [-0.25, -0.2) is 13.2 Å². The van der Waals surface area contributed by atoms with E-state index in [1.807, 2.05) is 0 Å². The number of nitrogen functional groups attached to an aromatic ring is 1. The van der Waals surface area contributed by atoms with Crippen molar-refractivity contribution in [2.45, 2.75) is 24.8 Å². The Balaban J connectivity index is 3.26. The molecule has 0 aliphatic carbocycles. The fourth-order valence-electron chi connectivity index (χ4n) is 2.09. The first-order valence-corrected chi connectivity index (χ1v) is 7.83. The zero-order valence-corrected chi connectivity index (χ0v) is 13.1. The van der Waals surface area contributed by atoms with Crippen LogP contribution in [0.3, 0.4) is 0 Å². The van der Waals surface area contributed by atoms with Gasteiger partial charge in [0, 0.05) is 19.7 Å². The molecule has 21 heavy (non-hydrogen) atoms. The average molecular weight is 316 g/mol. The van der Waals surface area contributed by atoms with Gasteiger partial charge in [-0.05, 0) is 25.1 Å². The number of hydrogen-bond acceptors (Lipinski definition) is 5. The van der Waals surface area contributed by atoms with Crippen molar-refractivity contribution >= 4 is 21.7 Å². The van der Waals surface area contributed by atoms with E-state index in [4.69, 9.17) is 15.6 Å². The largest absolute Gasteiger partial charge is 0.478 e. The molecule has 0 bridgehead atoms. The lowest BCUT2D eigenvalue weighted by atomic mass is 10.2. The summed E-state index contributed by atoms with van der Waals surface area (Å²) in [7, 11) is -2.32. The molecule has 0 saturated carbocycles. The Morgan fingerprint density at radius 1 is 1.48 bits per heavy atom. The fraction of sp³-hybridized carbons (Fsp3) is 0.462. The molecule has 0 radical (unpaired) electrons. The maximum absolute atomic E-state index is 12.6. The fourth-order valence-corrected chi connectivity index (χ4v) is 3.81. The highest BCUT2D eigenvalue weighted by atomic mass is 32.2. The number of carboxylic acids is 1. The molecule has 1 aromatic rings. The molecule has 1 rings (SSSR count). The summed E-state index contributed by atoms with van der Waals surface area (Å²) < 4.78 is 31.5. The van der Waals surface area contributed by atoms with Crippen LogP contribution >= 0.6 is 0 Å². The lowest BCUT2D eigenvalue weighted by Gasteiger charge is -2.27. The van der Waals surface area contributed by atoms with Crippen LogP contribution in [0, 0.1) is 0 Å². The zero-order valence-electron chi connectivity index (χ0n) is 12.2. The van der Waals surface area contributed by atoms with Crippen LogP contribution in [0.2, 0.25) is 0 Å². The Bertz CT molecular complexity index is 615. The third-order valence-electron chi connectivity index (χ3n) is 3.05. The number of methoxy groups -OCH3 is 1. The molecule has 0 spiro atoms. The van der Waals surface area contributed by atoms with E-state index >= 15 is 0 Å². The number of ether oxygens (including phenoxy) is 1. The third kappa shape index (κ3) is 3.72. The number of nitrogens with zero attached hydrogens (tertiary/aromatic N) is 1. The number of sulfonamides is 1. The second-order valence-corrected chi connectivity index (χ2v) is 6.43. The van der Waals surface area contributed by atoms with Gasteiger partial charge in [-0.2, -0.15) is 4.31 Å². The van der Waals surface area contributed by atoms with Gasteiger partial charge in [-0.15, -0.1) is 0 Å². The van der Waals surface area contributed by atoms with Crippen molar-refractivity contribution in [1.29, 1.82) is 0 Å². The van der Waals surface area contributed by atoms with Crippen LogP contribution in [0.25, 0.3) is 0 Å². The molecule has 3 N–H and O–H groups in total. The van der Waals surface area contributed by atoms with E-state index in [1.54, 1.807) is 13.8 Å².